The largest absolute Gasteiger partial charge is 0.345 e. The van der Waals surface area contributed by atoms with Crippen LogP contribution in [0.2, 0.25) is 0 Å². The van der Waals surface area contributed by atoms with E-state index in [1.54, 1.807) is 12.1 Å². The number of amides is 1. The third-order valence-electron chi connectivity index (χ3n) is 4.78. The number of carbonyl (C=O) groups is 1. The van der Waals surface area contributed by atoms with Gasteiger partial charge in [-0.1, -0.05) is 24.3 Å². The molecule has 0 bridgehead atoms. The summed E-state index contributed by atoms with van der Waals surface area (Å²) in [6, 6.07) is 7.01. The van der Waals surface area contributed by atoms with E-state index in [-0.39, 0.29) is 11.7 Å². The number of halogens is 1. The summed E-state index contributed by atoms with van der Waals surface area (Å²) >= 11 is 0. The second-order valence-corrected chi connectivity index (χ2v) is 6.75. The van der Waals surface area contributed by atoms with Gasteiger partial charge < -0.3 is 9.80 Å². The molecule has 0 N–H and O–H groups in total. The molecule has 1 aliphatic rings. The fourth-order valence-corrected chi connectivity index (χ4v) is 3.39. The Bertz CT molecular complexity index is 546. The minimum Gasteiger partial charge on any atom is -0.345 e. The molecule has 3 nitrogen and oxygen atoms in total. The van der Waals surface area contributed by atoms with Gasteiger partial charge in [0, 0.05) is 33.1 Å². The highest BCUT2D eigenvalue weighted by Crippen LogP contribution is 2.18. The van der Waals surface area contributed by atoms with Crippen molar-refractivity contribution in [2.45, 2.75) is 32.1 Å². The van der Waals surface area contributed by atoms with Gasteiger partial charge in [0.05, 0.1) is 0 Å². The zero-order chi connectivity index (χ0) is 17.4. The third kappa shape index (κ3) is 5.75. The molecule has 1 fully saturated rings. The van der Waals surface area contributed by atoms with Gasteiger partial charge in [-0.3, -0.25) is 4.79 Å². The Morgan fingerprint density at radius 2 is 2.25 bits per heavy atom. The van der Waals surface area contributed by atoms with Crippen LogP contribution in [0.5, 0.6) is 0 Å². The van der Waals surface area contributed by atoms with Crippen molar-refractivity contribution in [1.29, 1.82) is 0 Å². The van der Waals surface area contributed by atoms with Crippen LogP contribution in [-0.2, 0) is 11.2 Å². The molecule has 0 spiro atoms. The van der Waals surface area contributed by atoms with Gasteiger partial charge in [-0.15, -0.1) is 6.58 Å². The van der Waals surface area contributed by atoms with E-state index in [2.05, 4.69) is 11.5 Å². The molecular formula is C20H29FN2O. The Labute approximate surface area is 145 Å². The third-order valence-corrected chi connectivity index (χ3v) is 4.78. The topological polar surface area (TPSA) is 23.6 Å². The number of nitrogens with zero attached hydrogens (tertiary/aromatic N) is 2. The Morgan fingerprint density at radius 3 is 3.00 bits per heavy atom. The fourth-order valence-electron chi connectivity index (χ4n) is 3.39. The molecule has 1 unspecified atom stereocenters. The second kappa shape index (κ2) is 9.58. The van der Waals surface area contributed by atoms with Crippen LogP contribution >= 0.6 is 0 Å². The van der Waals surface area contributed by atoms with Gasteiger partial charge in [0.2, 0.25) is 5.91 Å². The van der Waals surface area contributed by atoms with E-state index in [0.717, 1.165) is 57.4 Å². The molecule has 0 radical (unpaired) electrons. The Morgan fingerprint density at radius 1 is 1.46 bits per heavy atom. The molecule has 24 heavy (non-hydrogen) atoms. The number of hydrogen-bond donors (Lipinski definition) is 0. The maximum Gasteiger partial charge on any atom is 0.222 e. The minimum atomic E-state index is -0.112. The normalized spacial score (nSPS) is 18.3. The molecule has 1 atom stereocenters. The summed E-state index contributed by atoms with van der Waals surface area (Å²) in [4.78, 5) is 16.3. The zero-order valence-corrected chi connectivity index (χ0v) is 14.7. The average Bonchev–Trinajstić information content (AvgIpc) is 2.59. The summed E-state index contributed by atoms with van der Waals surface area (Å²) in [7, 11) is 1.89. The Kier molecular flexibility index (Phi) is 7.44. The maximum atomic E-state index is 13.7. The van der Waals surface area contributed by atoms with Crippen LogP contribution in [0.3, 0.4) is 0 Å². The molecule has 0 aliphatic carbocycles. The van der Waals surface area contributed by atoms with Crippen molar-refractivity contribution in [1.82, 2.24) is 9.80 Å². The number of piperidine rings is 1. The second-order valence-electron chi connectivity index (χ2n) is 6.75. The molecule has 2 rings (SSSR count). The van der Waals surface area contributed by atoms with Crippen LogP contribution in [0.1, 0.15) is 31.2 Å². The summed E-state index contributed by atoms with van der Waals surface area (Å²) in [5.74, 6) is 0.592. The molecule has 1 saturated heterocycles. The summed E-state index contributed by atoms with van der Waals surface area (Å²) < 4.78 is 13.7. The minimum absolute atomic E-state index is 0.112. The lowest BCUT2D eigenvalue weighted by atomic mass is 9.97. The van der Waals surface area contributed by atoms with Gasteiger partial charge in [0.1, 0.15) is 5.82 Å². The van der Waals surface area contributed by atoms with Crippen molar-refractivity contribution in [2.24, 2.45) is 5.92 Å². The van der Waals surface area contributed by atoms with Crippen LogP contribution in [0.4, 0.5) is 4.39 Å². The number of hydrogen-bond acceptors (Lipinski definition) is 2. The molecule has 1 heterocycles. The van der Waals surface area contributed by atoms with Crippen molar-refractivity contribution in [3.63, 3.8) is 0 Å². The summed E-state index contributed by atoms with van der Waals surface area (Å²) in [6.45, 7) is 7.42. The van der Waals surface area contributed by atoms with Crippen LogP contribution in [-0.4, -0.2) is 48.9 Å². The van der Waals surface area contributed by atoms with Crippen LogP contribution in [0.15, 0.2) is 36.9 Å². The predicted molar refractivity (Wildman–Crippen MR) is 96.3 cm³/mol. The van der Waals surface area contributed by atoms with Crippen LogP contribution in [0.25, 0.3) is 0 Å². The molecular weight excluding hydrogens is 303 g/mol. The first-order valence-corrected chi connectivity index (χ1v) is 8.90. The van der Waals surface area contributed by atoms with E-state index in [1.807, 2.05) is 24.1 Å². The average molecular weight is 332 g/mol. The molecule has 4 heteroatoms. The van der Waals surface area contributed by atoms with Crippen LogP contribution < -0.4 is 0 Å². The highest BCUT2D eigenvalue weighted by molar-refractivity contribution is 5.75. The lowest BCUT2D eigenvalue weighted by Crippen LogP contribution is -2.42. The lowest BCUT2D eigenvalue weighted by molar-refractivity contribution is -0.130. The maximum absolute atomic E-state index is 13.7. The first-order valence-electron chi connectivity index (χ1n) is 8.90. The standard InChI is InChI=1S/C20H29FN2O/c1-3-4-11-20(24)22(2)15-17-8-7-13-23(16-17)14-12-18-9-5-6-10-19(18)21/h3,5-6,9-10,17H,1,4,7-8,11-16H2,2H3. The first-order chi connectivity index (χ1) is 11.6. The molecule has 0 saturated carbocycles. The zero-order valence-electron chi connectivity index (χ0n) is 14.7. The highest BCUT2D eigenvalue weighted by Gasteiger charge is 2.22. The predicted octanol–water partition coefficient (Wildman–Crippen LogP) is 3.50. The smallest absolute Gasteiger partial charge is 0.222 e. The SMILES string of the molecule is C=CCCC(=O)N(C)CC1CCCN(CCc2ccccc2F)C1. The van der Waals surface area contributed by atoms with E-state index >= 15 is 0 Å². The molecule has 0 aromatic heterocycles. The van der Waals surface area contributed by atoms with Gasteiger partial charge in [0.25, 0.3) is 0 Å². The van der Waals surface area contributed by atoms with Gasteiger partial charge in [0.15, 0.2) is 0 Å². The fraction of sp³-hybridized carbons (Fsp3) is 0.550. The number of carbonyl (C=O) groups excluding carboxylic acids is 1. The van der Waals surface area contributed by atoms with Gasteiger partial charge >= 0.3 is 0 Å². The summed E-state index contributed by atoms with van der Waals surface area (Å²) in [5.41, 5.74) is 0.788. The van der Waals surface area contributed by atoms with Gasteiger partial charge in [-0.25, -0.2) is 4.39 Å². The van der Waals surface area contributed by atoms with Crippen molar-refractivity contribution in [2.75, 3.05) is 33.2 Å². The summed E-state index contributed by atoms with van der Waals surface area (Å²) in [5, 5.41) is 0. The van der Waals surface area contributed by atoms with E-state index in [4.69, 9.17) is 0 Å². The van der Waals surface area contributed by atoms with Crippen molar-refractivity contribution in [3.8, 4) is 0 Å². The van der Waals surface area contributed by atoms with Gasteiger partial charge in [-0.2, -0.15) is 0 Å². The van der Waals surface area contributed by atoms with E-state index in [9.17, 15) is 9.18 Å². The molecule has 132 valence electrons. The number of allylic oxidation sites excluding steroid dienone is 1. The highest BCUT2D eigenvalue weighted by atomic mass is 19.1. The Hall–Kier alpha value is -1.68. The van der Waals surface area contributed by atoms with Crippen molar-refractivity contribution in [3.05, 3.63) is 48.3 Å². The first kappa shape index (κ1) is 18.7. The van der Waals surface area contributed by atoms with Gasteiger partial charge in [-0.05, 0) is 49.8 Å². The Balaban J connectivity index is 1.78. The van der Waals surface area contributed by atoms with E-state index in [0.29, 0.717) is 12.3 Å². The monoisotopic (exact) mass is 332 g/mol. The quantitative estimate of drug-likeness (QED) is 0.680. The molecule has 1 aromatic rings. The van der Waals surface area contributed by atoms with Crippen molar-refractivity contribution >= 4 is 5.91 Å². The number of benzene rings is 1. The number of rotatable bonds is 8. The lowest BCUT2D eigenvalue weighted by Gasteiger charge is -2.34. The van der Waals surface area contributed by atoms with Crippen molar-refractivity contribution < 1.29 is 9.18 Å². The van der Waals surface area contributed by atoms with E-state index in [1.165, 1.54) is 6.07 Å². The number of likely N-dealkylation sites (tertiary alicyclic amines) is 1. The molecule has 1 amide bonds. The van der Waals surface area contributed by atoms with E-state index < -0.39 is 0 Å². The van der Waals surface area contributed by atoms with Crippen LogP contribution in [0, 0.1) is 11.7 Å². The summed E-state index contributed by atoms with van der Waals surface area (Å²) in [6.07, 6.45) is 6.13. The molecule has 1 aromatic carbocycles. The molecule has 1 aliphatic heterocycles.